The van der Waals surface area contributed by atoms with Crippen LogP contribution in [-0.2, 0) is 33.2 Å². The van der Waals surface area contributed by atoms with Gasteiger partial charge in [0.1, 0.15) is 12.4 Å². The van der Waals surface area contributed by atoms with Crippen molar-refractivity contribution in [2.24, 2.45) is 0 Å². The third-order valence-electron chi connectivity index (χ3n) is 5.57. The Hall–Kier alpha value is -1.75. The Bertz CT molecular complexity index is 639. The highest BCUT2D eigenvalue weighted by atomic mass is 16.6. The maximum absolute atomic E-state index is 11.8. The molecule has 0 aromatic heterocycles. The van der Waals surface area contributed by atoms with Gasteiger partial charge in [0, 0.05) is 6.61 Å². The number of rotatable bonds is 28. The number of carbonyl (C=O) groups excluding carboxylic acids is 1. The summed E-state index contributed by atoms with van der Waals surface area (Å²) in [5, 5.41) is 9.22. The highest BCUT2D eigenvalue weighted by molar-refractivity contribution is 5.89. The van der Waals surface area contributed by atoms with Crippen LogP contribution in [0.3, 0.4) is 0 Å². The maximum Gasteiger partial charge on any atom is 0.338 e. The molecule has 0 saturated heterocycles. The molecule has 220 valence electrons. The van der Waals surface area contributed by atoms with Gasteiger partial charge < -0.3 is 38.3 Å². The second-order valence-corrected chi connectivity index (χ2v) is 8.83. The van der Waals surface area contributed by atoms with Gasteiger partial charge in [-0.05, 0) is 30.7 Å². The van der Waals surface area contributed by atoms with Crippen LogP contribution in [0, 0.1) is 0 Å². The molecule has 0 atom stereocenters. The maximum atomic E-state index is 11.8. The third kappa shape index (κ3) is 22.3. The number of ether oxygens (including phenoxy) is 7. The largest absolute Gasteiger partial charge is 0.508 e. The van der Waals surface area contributed by atoms with E-state index < -0.39 is 5.97 Å². The van der Waals surface area contributed by atoms with Gasteiger partial charge in [-0.3, -0.25) is 0 Å². The molecule has 0 amide bonds. The first-order chi connectivity index (χ1) is 18.7. The van der Waals surface area contributed by atoms with Gasteiger partial charge in [0.15, 0.2) is 0 Å². The van der Waals surface area contributed by atoms with Gasteiger partial charge >= 0.3 is 5.97 Å². The van der Waals surface area contributed by atoms with Gasteiger partial charge in [-0.2, -0.15) is 0 Å². The van der Waals surface area contributed by atoms with Crippen LogP contribution in [0.1, 0.15) is 68.6 Å². The summed E-state index contributed by atoms with van der Waals surface area (Å²) in [5.41, 5.74) is 0.384. The molecule has 1 N–H and O–H groups in total. The monoisotopic (exact) mass is 542 g/mol. The number of hydrogen-bond acceptors (Lipinski definition) is 9. The van der Waals surface area contributed by atoms with Gasteiger partial charge in [0.25, 0.3) is 0 Å². The van der Waals surface area contributed by atoms with E-state index in [2.05, 4.69) is 6.92 Å². The van der Waals surface area contributed by atoms with E-state index in [-0.39, 0.29) is 19.0 Å². The fraction of sp³-hybridized carbons (Fsp3) is 0.759. The second-order valence-electron chi connectivity index (χ2n) is 8.83. The van der Waals surface area contributed by atoms with E-state index in [4.69, 9.17) is 33.2 Å². The average Bonchev–Trinajstić information content (AvgIpc) is 2.93. The molecule has 0 fully saturated rings. The lowest BCUT2D eigenvalue weighted by molar-refractivity contribution is -0.0194. The molecule has 0 unspecified atom stereocenters. The smallest absolute Gasteiger partial charge is 0.338 e. The van der Waals surface area contributed by atoms with Crippen LogP contribution < -0.4 is 0 Å². The summed E-state index contributed by atoms with van der Waals surface area (Å²) >= 11 is 0. The molecule has 0 radical (unpaired) electrons. The number of benzene rings is 1. The molecule has 0 bridgehead atoms. The molecule has 38 heavy (non-hydrogen) atoms. The minimum absolute atomic E-state index is 0.102. The van der Waals surface area contributed by atoms with Crippen LogP contribution in [0.5, 0.6) is 5.75 Å². The molecular formula is C29H50O9. The molecule has 0 spiro atoms. The van der Waals surface area contributed by atoms with Crippen LogP contribution in [0.4, 0.5) is 0 Å². The fourth-order valence-corrected chi connectivity index (χ4v) is 3.41. The van der Waals surface area contributed by atoms with Crippen molar-refractivity contribution < 1.29 is 43.1 Å². The molecule has 9 heteroatoms. The molecule has 0 saturated carbocycles. The van der Waals surface area contributed by atoms with E-state index in [0.717, 1.165) is 13.0 Å². The van der Waals surface area contributed by atoms with Gasteiger partial charge in [-0.25, -0.2) is 4.79 Å². The Kier molecular flexibility index (Phi) is 24.2. The standard InChI is InChI=1S/C29H50O9/c1-2-3-4-5-6-7-8-9-14-32-15-16-33-17-18-34-19-20-35-21-22-36-23-24-37-25-26-38-29(31)27-10-12-28(30)13-11-27/h10-13,30H,2-9,14-26H2,1H3. The summed E-state index contributed by atoms with van der Waals surface area (Å²) in [6, 6.07) is 5.89. The quantitative estimate of drug-likeness (QED) is 0.118. The van der Waals surface area contributed by atoms with Crippen molar-refractivity contribution >= 4 is 5.97 Å². The zero-order valence-electron chi connectivity index (χ0n) is 23.4. The summed E-state index contributed by atoms with van der Waals surface area (Å²) in [7, 11) is 0. The molecular weight excluding hydrogens is 492 g/mol. The number of hydrogen-bond donors (Lipinski definition) is 1. The van der Waals surface area contributed by atoms with E-state index in [0.29, 0.717) is 71.6 Å². The first kappa shape index (κ1) is 34.3. The lowest BCUT2D eigenvalue weighted by Crippen LogP contribution is -2.15. The van der Waals surface area contributed by atoms with Crippen molar-refractivity contribution in [2.75, 3.05) is 85.9 Å². The van der Waals surface area contributed by atoms with Crippen molar-refractivity contribution in [1.29, 1.82) is 0 Å². The van der Waals surface area contributed by atoms with Crippen molar-refractivity contribution in [3.63, 3.8) is 0 Å². The van der Waals surface area contributed by atoms with Gasteiger partial charge in [-0.1, -0.05) is 51.9 Å². The Balaban J connectivity index is 1.68. The molecule has 1 aromatic carbocycles. The zero-order valence-corrected chi connectivity index (χ0v) is 23.4. The summed E-state index contributed by atoms with van der Waals surface area (Å²) in [5.74, 6) is -0.349. The molecule has 0 aliphatic heterocycles. The average molecular weight is 543 g/mol. The van der Waals surface area contributed by atoms with Gasteiger partial charge in [-0.15, -0.1) is 0 Å². The Labute approximate surface area is 229 Å². The van der Waals surface area contributed by atoms with E-state index in [9.17, 15) is 9.90 Å². The van der Waals surface area contributed by atoms with Crippen LogP contribution in [0.15, 0.2) is 24.3 Å². The number of carbonyl (C=O) groups is 1. The predicted octanol–water partition coefficient (Wildman–Crippen LogP) is 4.79. The van der Waals surface area contributed by atoms with Crippen LogP contribution >= 0.6 is 0 Å². The molecule has 1 rings (SSSR count). The first-order valence-electron chi connectivity index (χ1n) is 14.2. The molecule has 0 aliphatic rings. The first-order valence-corrected chi connectivity index (χ1v) is 14.2. The number of phenolic OH excluding ortho intramolecular Hbond substituents is 1. The van der Waals surface area contributed by atoms with Crippen LogP contribution in [-0.4, -0.2) is 97.0 Å². The summed E-state index contributed by atoms with van der Waals surface area (Å²) in [6.07, 6.45) is 10.5. The summed E-state index contributed by atoms with van der Waals surface area (Å²) < 4.78 is 37.9. The molecule has 0 heterocycles. The van der Waals surface area contributed by atoms with Gasteiger partial charge in [0.05, 0.1) is 78.2 Å². The Morgan fingerprint density at radius 3 is 1.34 bits per heavy atom. The van der Waals surface area contributed by atoms with E-state index >= 15 is 0 Å². The third-order valence-corrected chi connectivity index (χ3v) is 5.57. The summed E-state index contributed by atoms with van der Waals surface area (Å²) in [4.78, 5) is 11.8. The second kappa shape index (κ2) is 26.8. The minimum Gasteiger partial charge on any atom is -0.508 e. The number of unbranched alkanes of at least 4 members (excludes halogenated alkanes) is 7. The fourth-order valence-electron chi connectivity index (χ4n) is 3.41. The highest BCUT2D eigenvalue weighted by Crippen LogP contribution is 2.10. The molecule has 9 nitrogen and oxygen atoms in total. The number of esters is 1. The van der Waals surface area contributed by atoms with Crippen molar-refractivity contribution in [2.45, 2.75) is 58.3 Å². The summed E-state index contributed by atoms with van der Waals surface area (Å²) in [6.45, 7) is 8.68. The molecule has 0 aliphatic carbocycles. The van der Waals surface area contributed by atoms with E-state index in [1.54, 1.807) is 0 Å². The lowest BCUT2D eigenvalue weighted by atomic mass is 10.1. The normalized spacial score (nSPS) is 11.2. The van der Waals surface area contributed by atoms with Crippen molar-refractivity contribution in [3.05, 3.63) is 29.8 Å². The number of aromatic hydroxyl groups is 1. The van der Waals surface area contributed by atoms with Crippen molar-refractivity contribution in [1.82, 2.24) is 0 Å². The SMILES string of the molecule is CCCCCCCCCCOCCOCCOCCOCCOCCOCCOC(=O)c1ccc(O)cc1. The Morgan fingerprint density at radius 2 is 0.895 bits per heavy atom. The van der Waals surface area contributed by atoms with E-state index in [1.807, 2.05) is 0 Å². The van der Waals surface area contributed by atoms with Crippen LogP contribution in [0.25, 0.3) is 0 Å². The highest BCUT2D eigenvalue weighted by Gasteiger charge is 2.06. The minimum atomic E-state index is -0.451. The number of phenols is 1. The van der Waals surface area contributed by atoms with Gasteiger partial charge in [0.2, 0.25) is 0 Å². The lowest BCUT2D eigenvalue weighted by Gasteiger charge is -2.08. The topological polar surface area (TPSA) is 102 Å². The Morgan fingerprint density at radius 1 is 0.526 bits per heavy atom. The molecule has 1 aromatic rings. The van der Waals surface area contributed by atoms with Crippen molar-refractivity contribution in [3.8, 4) is 5.75 Å². The predicted molar refractivity (Wildman–Crippen MR) is 146 cm³/mol. The van der Waals surface area contributed by atoms with Crippen LogP contribution in [0.2, 0.25) is 0 Å². The zero-order chi connectivity index (χ0) is 27.4. The van der Waals surface area contributed by atoms with E-state index in [1.165, 1.54) is 69.2 Å².